The van der Waals surface area contributed by atoms with Gasteiger partial charge in [-0.1, -0.05) is 82.2 Å². The fourth-order valence-electron chi connectivity index (χ4n) is 3.17. The number of carboxylic acids is 1. The largest absolute Gasteiger partial charge is 0.622 e. The molecule has 1 heterocycles. The first-order valence-electron chi connectivity index (χ1n) is 10.3. The number of unbranched alkanes of at least 4 members (excludes halogenated alkanes) is 6. The van der Waals surface area contributed by atoms with Crippen LogP contribution < -0.4 is 4.74 Å². The van der Waals surface area contributed by atoms with Crippen LogP contribution in [0, 0.1) is 0 Å². The Bertz CT molecular complexity index is 718. The van der Waals surface area contributed by atoms with Crippen LogP contribution in [-0.2, 0) is 4.79 Å². The number of rotatable bonds is 12. The van der Waals surface area contributed by atoms with Gasteiger partial charge < -0.3 is 15.2 Å². The van der Waals surface area contributed by atoms with Gasteiger partial charge in [0.15, 0.2) is 0 Å². The van der Waals surface area contributed by atoms with E-state index in [9.17, 15) is 4.79 Å². The van der Waals surface area contributed by atoms with Crippen LogP contribution in [0.15, 0.2) is 53.6 Å². The molecule has 0 aromatic heterocycles. The fourth-order valence-corrected chi connectivity index (χ4v) is 3.17. The Labute approximate surface area is 169 Å². The minimum absolute atomic E-state index is 0.344. The van der Waals surface area contributed by atoms with Crippen molar-refractivity contribution in [2.75, 3.05) is 6.54 Å². The maximum atomic E-state index is 10.8. The van der Waals surface area contributed by atoms with E-state index in [0.717, 1.165) is 29.9 Å². The molecule has 1 atom stereocenters. The zero-order valence-electron chi connectivity index (χ0n) is 17.1. The third-order valence-electron chi connectivity index (χ3n) is 4.71. The Kier molecular flexibility index (Phi) is 9.56. The molecule has 0 aliphatic carbocycles. The summed E-state index contributed by atoms with van der Waals surface area (Å²) in [6, 6.07) is 7.90. The average Bonchev–Trinajstić information content (AvgIpc) is 2.67. The van der Waals surface area contributed by atoms with Gasteiger partial charge in [0.25, 0.3) is 0 Å². The van der Waals surface area contributed by atoms with Crippen LogP contribution >= 0.6 is 0 Å². The molecule has 152 valence electrons. The Morgan fingerprint density at radius 2 is 1.86 bits per heavy atom. The highest BCUT2D eigenvalue weighted by Gasteiger charge is 2.14. The quantitative estimate of drug-likeness (QED) is 0.255. The minimum Gasteiger partial charge on any atom is -0.622 e. The van der Waals surface area contributed by atoms with E-state index in [2.05, 4.69) is 13.0 Å². The van der Waals surface area contributed by atoms with Crippen molar-refractivity contribution in [1.82, 2.24) is 0 Å². The van der Waals surface area contributed by atoms with E-state index < -0.39 is 5.97 Å². The van der Waals surface area contributed by atoms with Gasteiger partial charge >= 0.3 is 5.97 Å². The molecule has 4 nitrogen and oxygen atoms in total. The van der Waals surface area contributed by atoms with Crippen LogP contribution in [0.4, 0.5) is 0 Å². The number of carbonyl (C=O) groups is 1. The molecule has 1 aliphatic rings. The number of aliphatic carboxylic acids is 1. The predicted octanol–water partition coefficient (Wildman–Crippen LogP) is 6.50. The first kappa shape index (κ1) is 22.0. The normalized spacial score (nSPS) is 16.6. The number of hydrogen-bond donors (Lipinski definition) is 1. The average molecular weight is 383 g/mol. The van der Waals surface area contributed by atoms with Gasteiger partial charge in [0, 0.05) is 17.9 Å². The molecule has 0 radical (unpaired) electrons. The molecule has 0 amide bonds. The standard InChI is InChI=1S/C24H32NO3/c1-3-4-5-6-7-8-11-16-25-24-21(15-14-19(2)17-23(26)27)18-20-12-9-10-13-22(20)28-24/h9-10,12-15,17-18,24H,3-8,11,16H2,1-2H3,(H,26,27)/q-1/b15-14+,19-17+. The molecule has 0 saturated heterocycles. The molecule has 0 fully saturated rings. The molecule has 4 heteroatoms. The van der Waals surface area contributed by atoms with Crippen LogP contribution in [0.5, 0.6) is 5.75 Å². The SMILES string of the molecule is CCCCCCCCC[N-]C1Oc2ccccc2C=C1/C=C/C(C)=C/C(=O)O. The maximum absolute atomic E-state index is 10.8. The number of carboxylic acid groups (broad SMARTS) is 1. The van der Waals surface area contributed by atoms with Gasteiger partial charge in [-0.05, 0) is 30.2 Å². The van der Waals surface area contributed by atoms with Gasteiger partial charge in [-0.2, -0.15) is 0 Å². The van der Waals surface area contributed by atoms with Crippen molar-refractivity contribution in [2.45, 2.75) is 65.0 Å². The summed E-state index contributed by atoms with van der Waals surface area (Å²) in [5, 5.41) is 13.6. The first-order valence-corrected chi connectivity index (χ1v) is 10.3. The van der Waals surface area contributed by atoms with Gasteiger partial charge in [0.2, 0.25) is 0 Å². The lowest BCUT2D eigenvalue weighted by Gasteiger charge is -2.36. The second-order valence-electron chi connectivity index (χ2n) is 7.24. The van der Waals surface area contributed by atoms with E-state index in [1.165, 1.54) is 44.6 Å². The molecule has 2 rings (SSSR count). The van der Waals surface area contributed by atoms with E-state index in [1.54, 1.807) is 13.0 Å². The van der Waals surface area contributed by atoms with Crippen molar-refractivity contribution in [3.05, 3.63) is 64.5 Å². The Balaban J connectivity index is 1.93. The van der Waals surface area contributed by atoms with Crippen molar-refractivity contribution >= 4 is 12.0 Å². The van der Waals surface area contributed by atoms with Crippen molar-refractivity contribution in [3.63, 3.8) is 0 Å². The third-order valence-corrected chi connectivity index (χ3v) is 4.71. The van der Waals surface area contributed by atoms with Gasteiger partial charge in [-0.15, -0.1) is 6.54 Å². The molecule has 28 heavy (non-hydrogen) atoms. The molecular weight excluding hydrogens is 350 g/mol. The van der Waals surface area contributed by atoms with E-state index in [1.807, 2.05) is 30.3 Å². The van der Waals surface area contributed by atoms with E-state index in [-0.39, 0.29) is 6.23 Å². The van der Waals surface area contributed by atoms with Crippen molar-refractivity contribution in [2.24, 2.45) is 0 Å². The van der Waals surface area contributed by atoms with E-state index >= 15 is 0 Å². The summed E-state index contributed by atoms with van der Waals surface area (Å²) in [7, 11) is 0. The Hall–Kier alpha value is -2.33. The van der Waals surface area contributed by atoms with Crippen LogP contribution in [0.25, 0.3) is 11.4 Å². The number of allylic oxidation sites excluding steroid dienone is 2. The molecule has 0 saturated carbocycles. The van der Waals surface area contributed by atoms with Crippen molar-refractivity contribution in [1.29, 1.82) is 0 Å². The lowest BCUT2D eigenvalue weighted by Crippen LogP contribution is -2.21. The lowest BCUT2D eigenvalue weighted by molar-refractivity contribution is -0.131. The topological polar surface area (TPSA) is 60.6 Å². The van der Waals surface area contributed by atoms with E-state index in [4.69, 9.17) is 15.2 Å². The molecule has 0 bridgehead atoms. The highest BCUT2D eigenvalue weighted by Crippen LogP contribution is 2.32. The second-order valence-corrected chi connectivity index (χ2v) is 7.24. The zero-order chi connectivity index (χ0) is 20.2. The fraction of sp³-hybridized carbons (Fsp3) is 0.458. The molecule has 0 spiro atoms. The number of nitrogens with zero attached hydrogens (tertiary/aromatic N) is 1. The molecule has 1 aliphatic heterocycles. The first-order chi connectivity index (χ1) is 13.6. The number of para-hydroxylation sites is 1. The van der Waals surface area contributed by atoms with Crippen LogP contribution in [-0.4, -0.2) is 23.8 Å². The highest BCUT2D eigenvalue weighted by molar-refractivity contribution is 5.81. The molecule has 1 N–H and O–H groups in total. The predicted molar refractivity (Wildman–Crippen MR) is 116 cm³/mol. The highest BCUT2D eigenvalue weighted by atomic mass is 16.5. The Morgan fingerprint density at radius 1 is 1.14 bits per heavy atom. The summed E-state index contributed by atoms with van der Waals surface area (Å²) < 4.78 is 6.10. The summed E-state index contributed by atoms with van der Waals surface area (Å²) in [5.41, 5.74) is 2.64. The van der Waals surface area contributed by atoms with Crippen molar-refractivity contribution in [3.8, 4) is 5.75 Å². The molecule has 1 aromatic carbocycles. The smallest absolute Gasteiger partial charge is 0.328 e. The number of benzene rings is 1. The van der Waals surface area contributed by atoms with Gasteiger partial charge in [0.05, 0.1) is 0 Å². The summed E-state index contributed by atoms with van der Waals surface area (Å²) >= 11 is 0. The Morgan fingerprint density at radius 3 is 2.61 bits per heavy atom. The number of ether oxygens (including phenoxy) is 1. The van der Waals surface area contributed by atoms with Gasteiger partial charge in [-0.25, -0.2) is 4.79 Å². The number of fused-ring (bicyclic) bond motifs is 1. The zero-order valence-corrected chi connectivity index (χ0v) is 17.1. The maximum Gasteiger partial charge on any atom is 0.328 e. The third kappa shape index (κ3) is 7.73. The summed E-state index contributed by atoms with van der Waals surface area (Å²) in [4.78, 5) is 10.8. The van der Waals surface area contributed by atoms with Crippen molar-refractivity contribution < 1.29 is 14.6 Å². The van der Waals surface area contributed by atoms with Crippen LogP contribution in [0.3, 0.4) is 0 Å². The number of hydrogen-bond acceptors (Lipinski definition) is 2. The van der Waals surface area contributed by atoms with Gasteiger partial charge in [0.1, 0.15) is 5.75 Å². The summed E-state index contributed by atoms with van der Waals surface area (Å²) in [5.74, 6) is -0.104. The summed E-state index contributed by atoms with van der Waals surface area (Å²) in [6.45, 7) is 4.78. The molecular formula is C24H32NO3-. The van der Waals surface area contributed by atoms with Gasteiger partial charge in [-0.3, -0.25) is 0 Å². The van der Waals surface area contributed by atoms with E-state index in [0.29, 0.717) is 5.57 Å². The second kappa shape index (κ2) is 12.2. The molecule has 1 unspecified atom stereocenters. The minimum atomic E-state index is -0.943. The lowest BCUT2D eigenvalue weighted by atomic mass is 10.0. The molecule has 1 aromatic rings. The van der Waals surface area contributed by atoms with Crippen LogP contribution in [0.2, 0.25) is 0 Å². The monoisotopic (exact) mass is 382 g/mol. The summed E-state index contributed by atoms with van der Waals surface area (Å²) in [6.07, 6.45) is 15.4. The van der Waals surface area contributed by atoms with Crippen LogP contribution in [0.1, 0.15) is 64.4 Å².